The Morgan fingerprint density at radius 1 is 1.06 bits per heavy atom. The minimum atomic E-state index is -0.423. The lowest BCUT2D eigenvalue weighted by atomic mass is 10.2. The fourth-order valence-corrected chi connectivity index (χ4v) is 1.84. The molecular weight excluding hydrogens is 343 g/mol. The Morgan fingerprint density at radius 2 is 1.72 bits per heavy atom. The second-order valence-corrected chi connectivity index (χ2v) is 4.79. The third kappa shape index (κ3) is 3.01. The Morgan fingerprint density at radius 3 is 2.39 bits per heavy atom. The second-order valence-electron chi connectivity index (χ2n) is 3.54. The first-order valence-corrected chi connectivity index (χ1v) is 6.39. The van der Waals surface area contributed by atoms with E-state index in [2.05, 4.69) is 22.6 Å². The summed E-state index contributed by atoms with van der Waals surface area (Å²) in [6.07, 6.45) is 0. The van der Waals surface area contributed by atoms with E-state index in [1.807, 2.05) is 12.1 Å². The van der Waals surface area contributed by atoms with Crippen molar-refractivity contribution in [2.75, 3.05) is 7.11 Å². The molecule has 2 aromatic carbocycles. The van der Waals surface area contributed by atoms with Crippen molar-refractivity contribution in [3.05, 3.63) is 57.7 Å². The fourth-order valence-electron chi connectivity index (χ4n) is 1.48. The van der Waals surface area contributed by atoms with Crippen molar-refractivity contribution in [3.8, 4) is 11.5 Å². The number of carbonyl (C=O) groups excluding carboxylic acids is 1. The molecule has 4 heteroatoms. The van der Waals surface area contributed by atoms with Crippen LogP contribution in [0.3, 0.4) is 0 Å². The molecule has 0 spiro atoms. The molecule has 0 saturated heterocycles. The van der Waals surface area contributed by atoms with Crippen LogP contribution < -0.4 is 9.47 Å². The summed E-state index contributed by atoms with van der Waals surface area (Å²) >= 11 is 2.19. The van der Waals surface area contributed by atoms with Gasteiger partial charge in [-0.15, -0.1) is 0 Å². The molecule has 0 fully saturated rings. The summed E-state index contributed by atoms with van der Waals surface area (Å²) in [7, 11) is 1.52. The summed E-state index contributed by atoms with van der Waals surface area (Å²) in [5.41, 5.74) is 0.415. The Hall–Kier alpha value is -1.56. The molecule has 0 bridgehead atoms. The van der Waals surface area contributed by atoms with Crippen molar-refractivity contribution in [2.45, 2.75) is 0 Å². The molecule has 0 unspecified atom stereocenters. The van der Waals surface area contributed by atoms with Gasteiger partial charge in [0, 0.05) is 3.57 Å². The van der Waals surface area contributed by atoms with Gasteiger partial charge in [0.2, 0.25) is 0 Å². The van der Waals surface area contributed by atoms with Crippen LogP contribution in [0.25, 0.3) is 0 Å². The van der Waals surface area contributed by atoms with E-state index < -0.39 is 5.97 Å². The molecule has 2 rings (SSSR count). The van der Waals surface area contributed by atoms with Crippen LogP contribution >= 0.6 is 22.6 Å². The molecule has 0 radical (unpaired) electrons. The van der Waals surface area contributed by atoms with Gasteiger partial charge in [0.15, 0.2) is 0 Å². The van der Waals surface area contributed by atoms with Gasteiger partial charge in [-0.25, -0.2) is 4.79 Å². The smallest absolute Gasteiger partial charge is 0.347 e. The maximum Gasteiger partial charge on any atom is 0.347 e. The van der Waals surface area contributed by atoms with Crippen molar-refractivity contribution in [1.82, 2.24) is 0 Å². The molecule has 0 N–H and O–H groups in total. The van der Waals surface area contributed by atoms with E-state index >= 15 is 0 Å². The lowest BCUT2D eigenvalue weighted by molar-refractivity contribution is 0.0731. The number of rotatable bonds is 3. The lowest BCUT2D eigenvalue weighted by Gasteiger charge is -2.08. The zero-order chi connectivity index (χ0) is 13.0. The number of para-hydroxylation sites is 1. The predicted octanol–water partition coefficient (Wildman–Crippen LogP) is 3.52. The summed E-state index contributed by atoms with van der Waals surface area (Å²) in [6, 6.07) is 14.3. The zero-order valence-corrected chi connectivity index (χ0v) is 11.9. The van der Waals surface area contributed by atoms with E-state index in [0.29, 0.717) is 17.1 Å². The molecule has 0 amide bonds. The Balaban J connectivity index is 2.19. The summed E-state index contributed by atoms with van der Waals surface area (Å²) in [6.45, 7) is 0. The average molecular weight is 354 g/mol. The maximum absolute atomic E-state index is 12.0. The zero-order valence-electron chi connectivity index (χ0n) is 9.72. The van der Waals surface area contributed by atoms with E-state index in [-0.39, 0.29) is 0 Å². The minimum absolute atomic E-state index is 0.415. The number of ether oxygens (including phenoxy) is 2. The van der Waals surface area contributed by atoms with Crippen LogP contribution in [-0.2, 0) is 0 Å². The number of hydrogen-bond donors (Lipinski definition) is 0. The van der Waals surface area contributed by atoms with Crippen LogP contribution in [0.4, 0.5) is 0 Å². The first-order valence-electron chi connectivity index (χ1n) is 5.31. The third-order valence-corrected chi connectivity index (χ3v) is 3.07. The van der Waals surface area contributed by atoms with Crippen molar-refractivity contribution in [2.24, 2.45) is 0 Å². The number of methoxy groups -OCH3 is 1. The molecule has 18 heavy (non-hydrogen) atoms. The predicted molar refractivity (Wildman–Crippen MR) is 77.1 cm³/mol. The van der Waals surface area contributed by atoms with Crippen LogP contribution in [0.1, 0.15) is 10.4 Å². The highest BCUT2D eigenvalue weighted by Gasteiger charge is 2.13. The Bertz CT molecular complexity index is 549. The lowest BCUT2D eigenvalue weighted by Crippen LogP contribution is -2.09. The highest BCUT2D eigenvalue weighted by molar-refractivity contribution is 14.1. The topological polar surface area (TPSA) is 35.5 Å². The first kappa shape index (κ1) is 12.9. The molecular formula is C14H11IO3. The highest BCUT2D eigenvalue weighted by Crippen LogP contribution is 2.20. The molecule has 0 aromatic heterocycles. The number of benzene rings is 2. The standard InChI is InChI=1S/C14H11IO3/c1-17-13-5-3-2-4-12(13)14(16)18-11-8-6-10(15)7-9-11/h2-9H,1H3. The van der Waals surface area contributed by atoms with Gasteiger partial charge in [-0.05, 0) is 59.0 Å². The Kier molecular flexibility index (Phi) is 4.19. The van der Waals surface area contributed by atoms with Gasteiger partial charge in [-0.2, -0.15) is 0 Å². The quantitative estimate of drug-likeness (QED) is 0.481. The summed E-state index contributed by atoms with van der Waals surface area (Å²) in [5.74, 6) is 0.605. The molecule has 0 heterocycles. The van der Waals surface area contributed by atoms with Gasteiger partial charge in [-0.1, -0.05) is 12.1 Å². The van der Waals surface area contributed by atoms with Crippen LogP contribution in [0.5, 0.6) is 11.5 Å². The number of hydrogen-bond acceptors (Lipinski definition) is 3. The largest absolute Gasteiger partial charge is 0.496 e. The van der Waals surface area contributed by atoms with Gasteiger partial charge in [-0.3, -0.25) is 0 Å². The molecule has 0 saturated carbocycles. The van der Waals surface area contributed by atoms with E-state index in [9.17, 15) is 4.79 Å². The van der Waals surface area contributed by atoms with E-state index in [1.54, 1.807) is 36.4 Å². The molecule has 0 aliphatic carbocycles. The van der Waals surface area contributed by atoms with Crippen LogP contribution in [-0.4, -0.2) is 13.1 Å². The molecule has 0 atom stereocenters. The normalized spacial score (nSPS) is 9.89. The van der Waals surface area contributed by atoms with Gasteiger partial charge in [0.25, 0.3) is 0 Å². The Labute approximate surface area is 119 Å². The monoisotopic (exact) mass is 354 g/mol. The SMILES string of the molecule is COc1ccccc1C(=O)Oc1ccc(I)cc1. The second kappa shape index (κ2) is 5.86. The van der Waals surface area contributed by atoms with Gasteiger partial charge in [0.1, 0.15) is 17.1 Å². The number of carbonyl (C=O) groups is 1. The third-order valence-electron chi connectivity index (χ3n) is 2.35. The van der Waals surface area contributed by atoms with E-state index in [0.717, 1.165) is 3.57 Å². The number of esters is 1. The van der Waals surface area contributed by atoms with Crippen molar-refractivity contribution >= 4 is 28.6 Å². The molecule has 92 valence electrons. The van der Waals surface area contributed by atoms with E-state index in [4.69, 9.17) is 9.47 Å². The molecule has 0 aliphatic rings. The average Bonchev–Trinajstić information content (AvgIpc) is 2.41. The van der Waals surface area contributed by atoms with Crippen molar-refractivity contribution in [3.63, 3.8) is 0 Å². The number of halogens is 1. The van der Waals surface area contributed by atoms with Gasteiger partial charge < -0.3 is 9.47 Å². The maximum atomic E-state index is 12.0. The van der Waals surface area contributed by atoms with Crippen LogP contribution in [0.15, 0.2) is 48.5 Å². The fraction of sp³-hybridized carbons (Fsp3) is 0.0714. The minimum Gasteiger partial charge on any atom is -0.496 e. The molecule has 3 nitrogen and oxygen atoms in total. The van der Waals surface area contributed by atoms with Crippen LogP contribution in [0.2, 0.25) is 0 Å². The first-order chi connectivity index (χ1) is 8.70. The van der Waals surface area contributed by atoms with E-state index in [1.165, 1.54) is 7.11 Å². The summed E-state index contributed by atoms with van der Waals surface area (Å²) in [5, 5.41) is 0. The van der Waals surface area contributed by atoms with Gasteiger partial charge >= 0.3 is 5.97 Å². The summed E-state index contributed by atoms with van der Waals surface area (Å²) in [4.78, 5) is 12.0. The molecule has 2 aromatic rings. The van der Waals surface area contributed by atoms with Crippen molar-refractivity contribution < 1.29 is 14.3 Å². The highest BCUT2D eigenvalue weighted by atomic mass is 127. The summed E-state index contributed by atoms with van der Waals surface area (Å²) < 4.78 is 11.5. The van der Waals surface area contributed by atoms with Gasteiger partial charge in [0.05, 0.1) is 7.11 Å². The molecule has 0 aliphatic heterocycles. The van der Waals surface area contributed by atoms with Crippen LogP contribution in [0, 0.1) is 3.57 Å². The van der Waals surface area contributed by atoms with Crippen molar-refractivity contribution in [1.29, 1.82) is 0 Å².